The van der Waals surface area contributed by atoms with Gasteiger partial charge in [-0.15, -0.1) is 0 Å². The van der Waals surface area contributed by atoms with Crippen LogP contribution < -0.4 is 0 Å². The van der Waals surface area contributed by atoms with Crippen molar-refractivity contribution in [1.82, 2.24) is 0 Å². The molecule has 66 heavy (non-hydrogen) atoms. The van der Waals surface area contributed by atoms with Crippen LogP contribution in [0.15, 0.2) is 0 Å². The molecule has 0 nitrogen and oxygen atoms in total. The molecule has 0 heterocycles. The lowest BCUT2D eigenvalue weighted by Gasteiger charge is -2.33. The Kier molecular flexibility index (Phi) is 65.6. The molecule has 0 radical (unpaired) electrons. The van der Waals surface area contributed by atoms with E-state index in [9.17, 15) is 0 Å². The average Bonchev–Trinajstić information content (AvgIpc) is 3.72. The van der Waals surface area contributed by atoms with Gasteiger partial charge >= 0.3 is 0 Å². The maximum Gasteiger partial charge on any atom is -0.0354 e. The van der Waals surface area contributed by atoms with E-state index >= 15 is 0 Å². The first-order valence-corrected chi connectivity index (χ1v) is 30.8. The predicted molar refractivity (Wildman–Crippen MR) is 316 cm³/mol. The SMILES string of the molecule is CC(C)CC(C)C.CC1(C)CCC1.CC1CC(C)C1.CC1CCCC1.CC1CC[C@H]1C.CCCCC(C)C.CCCCC(C)C.CCCCCCC.CCC[C@H](C)CC.CC[C@H](C)C(C)C. The third kappa shape index (κ3) is 73.0. The fourth-order valence-electron chi connectivity index (χ4n) is 8.16. The van der Waals surface area contributed by atoms with Crippen LogP contribution >= 0.6 is 0 Å². The highest BCUT2D eigenvalue weighted by molar-refractivity contribution is 4.77. The molecule has 4 atom stereocenters. The van der Waals surface area contributed by atoms with E-state index in [-0.39, 0.29) is 0 Å². The third-order valence-corrected chi connectivity index (χ3v) is 14.7. The lowest BCUT2D eigenvalue weighted by atomic mass is 9.72. The second-order valence-electron chi connectivity index (χ2n) is 25.7. The fraction of sp³-hybridized carbons (Fsp3) is 1.00. The van der Waals surface area contributed by atoms with Crippen LogP contribution in [0.5, 0.6) is 0 Å². The summed E-state index contributed by atoms with van der Waals surface area (Å²) in [6.45, 7) is 59.3. The van der Waals surface area contributed by atoms with Gasteiger partial charge in [-0.3, -0.25) is 0 Å². The van der Waals surface area contributed by atoms with Crippen LogP contribution in [0.3, 0.4) is 0 Å². The van der Waals surface area contributed by atoms with Gasteiger partial charge < -0.3 is 0 Å². The van der Waals surface area contributed by atoms with E-state index in [2.05, 4.69) is 180 Å². The van der Waals surface area contributed by atoms with Crippen molar-refractivity contribution in [2.75, 3.05) is 0 Å². The Balaban J connectivity index is -0.000000152. The molecule has 0 spiro atoms. The Bertz CT molecular complexity index is 775. The van der Waals surface area contributed by atoms with E-state index in [0.29, 0.717) is 0 Å². The van der Waals surface area contributed by atoms with Crippen molar-refractivity contribution in [3.05, 3.63) is 0 Å². The first-order valence-electron chi connectivity index (χ1n) is 30.8. The zero-order valence-corrected chi connectivity index (χ0v) is 52.5. The summed E-state index contributed by atoms with van der Waals surface area (Å²) in [5.74, 6) is 11.5. The number of unbranched alkanes of at least 4 members (excludes halogenated alkanes) is 6. The van der Waals surface area contributed by atoms with Crippen LogP contribution in [-0.4, -0.2) is 0 Å². The highest BCUT2D eigenvalue weighted by Crippen LogP contribution is 2.39. The van der Waals surface area contributed by atoms with Gasteiger partial charge in [0.05, 0.1) is 0 Å². The fourth-order valence-corrected chi connectivity index (χ4v) is 8.16. The Labute approximate surface area is 427 Å². The first-order chi connectivity index (χ1) is 30.8. The maximum atomic E-state index is 2.34. The normalized spacial score (nSPS) is 20.6. The summed E-state index contributed by atoms with van der Waals surface area (Å²) in [5.41, 5.74) is 0.722. The van der Waals surface area contributed by atoms with Gasteiger partial charge in [-0.2, -0.15) is 0 Å². The smallest absolute Gasteiger partial charge is 0.0354 e. The van der Waals surface area contributed by atoms with Gasteiger partial charge in [0.1, 0.15) is 0 Å². The molecule has 0 heteroatoms. The van der Waals surface area contributed by atoms with Crippen LogP contribution in [0.4, 0.5) is 0 Å². The summed E-state index contributed by atoms with van der Waals surface area (Å²) in [6.07, 6.45) is 38.3. The van der Waals surface area contributed by atoms with E-state index < -0.39 is 0 Å². The molecule has 4 aliphatic carbocycles. The van der Waals surface area contributed by atoms with Gasteiger partial charge in [-0.25, -0.2) is 0 Å². The van der Waals surface area contributed by atoms with E-state index in [0.717, 1.165) is 76.4 Å². The van der Waals surface area contributed by atoms with Crippen molar-refractivity contribution >= 4 is 0 Å². The highest BCUT2D eigenvalue weighted by atomic mass is 14.3. The van der Waals surface area contributed by atoms with Crippen molar-refractivity contribution in [2.24, 2.45) is 76.4 Å². The van der Waals surface area contributed by atoms with Crippen molar-refractivity contribution in [3.8, 4) is 0 Å². The van der Waals surface area contributed by atoms with Crippen LogP contribution in [0.2, 0.25) is 0 Å². The second kappa shape index (κ2) is 55.9. The lowest BCUT2D eigenvalue weighted by molar-refractivity contribution is 0.190. The van der Waals surface area contributed by atoms with E-state index in [1.54, 1.807) is 0 Å². The topological polar surface area (TPSA) is 0 Å². The molecule has 4 rings (SSSR count). The Morgan fingerprint density at radius 1 is 0.394 bits per heavy atom. The molecule has 0 aromatic heterocycles. The minimum atomic E-state index is 0.722. The van der Waals surface area contributed by atoms with Crippen LogP contribution in [0.1, 0.15) is 353 Å². The highest BCUT2D eigenvalue weighted by Gasteiger charge is 2.25. The quantitative estimate of drug-likeness (QED) is 0.128. The number of hydrogen-bond acceptors (Lipinski definition) is 0. The summed E-state index contributed by atoms with van der Waals surface area (Å²) in [7, 11) is 0. The second-order valence-corrected chi connectivity index (χ2v) is 25.7. The zero-order valence-electron chi connectivity index (χ0n) is 52.5. The molecule has 4 aliphatic rings. The summed E-state index contributed by atoms with van der Waals surface area (Å²) in [6, 6.07) is 0. The largest absolute Gasteiger partial charge is 0.0654 e. The maximum absolute atomic E-state index is 2.34. The van der Waals surface area contributed by atoms with Crippen LogP contribution in [0, 0.1) is 76.4 Å². The van der Waals surface area contributed by atoms with Gasteiger partial charge in [0.25, 0.3) is 0 Å². The minimum absolute atomic E-state index is 0.722. The molecule has 0 saturated heterocycles. The van der Waals surface area contributed by atoms with E-state index in [4.69, 9.17) is 0 Å². The molecule has 4 fully saturated rings. The van der Waals surface area contributed by atoms with Crippen LogP contribution in [-0.2, 0) is 0 Å². The van der Waals surface area contributed by atoms with E-state index in [1.165, 1.54) is 173 Å². The summed E-state index contributed by atoms with van der Waals surface area (Å²) in [4.78, 5) is 0. The standard InChI is InChI=1S/6C7H16.4C6H12/c1-6(2)5-7(3)4;1-5-7(4)6(2)3;2*1-4-5-6-7(2)3;1-4-6-7(3)5-2;1-3-5-7-6-4-2;1-5-3-6(2)4-5;1-6(2)4-3-5-6;1-5-3-4-6(5)2;1-6-4-2-3-5-6/h2*6-7H,5H2,1-4H3;3*7H,4-6H2,1-3H3;3-7H2,1-2H3;5-6H,3-4H2,1-2H3;3-5H2,1-2H3;5-6H,3-4H2,1-2H3;6H,2-5H2,1H3/t;7-;;;7-;;;;5-,6?;/m.0..1...1./s1. The molecule has 0 amide bonds. The number of hydrogen-bond donors (Lipinski definition) is 0. The third-order valence-electron chi connectivity index (χ3n) is 14.7. The Morgan fingerprint density at radius 2 is 0.758 bits per heavy atom. The van der Waals surface area contributed by atoms with Crippen molar-refractivity contribution in [3.63, 3.8) is 0 Å². The predicted octanol–water partition coefficient (Wildman–Crippen LogP) is 25.3. The minimum Gasteiger partial charge on any atom is -0.0654 e. The van der Waals surface area contributed by atoms with Crippen molar-refractivity contribution < 1.29 is 0 Å². The Hall–Kier alpha value is 0. The molecule has 0 aliphatic heterocycles. The van der Waals surface area contributed by atoms with Crippen LogP contribution in [0.25, 0.3) is 0 Å². The zero-order chi connectivity index (χ0) is 52.5. The summed E-state index contributed by atoms with van der Waals surface area (Å²) >= 11 is 0. The lowest BCUT2D eigenvalue weighted by Crippen LogP contribution is -2.20. The molecule has 408 valence electrons. The molecule has 0 N–H and O–H groups in total. The molecule has 0 aromatic rings. The number of rotatable bonds is 17. The van der Waals surface area contributed by atoms with Gasteiger partial charge in [-0.1, -0.05) is 321 Å². The van der Waals surface area contributed by atoms with Gasteiger partial charge in [-0.05, 0) is 109 Å². The molecule has 1 unspecified atom stereocenters. The van der Waals surface area contributed by atoms with Crippen molar-refractivity contribution in [2.45, 2.75) is 353 Å². The Morgan fingerprint density at radius 3 is 0.833 bits per heavy atom. The molecular formula is C66H144. The van der Waals surface area contributed by atoms with Crippen molar-refractivity contribution in [1.29, 1.82) is 0 Å². The molecule has 4 saturated carbocycles. The molecule has 0 bridgehead atoms. The first kappa shape index (κ1) is 77.5. The van der Waals surface area contributed by atoms with Gasteiger partial charge in [0, 0.05) is 0 Å². The summed E-state index contributed by atoms with van der Waals surface area (Å²) in [5, 5.41) is 0. The van der Waals surface area contributed by atoms with Gasteiger partial charge in [0.2, 0.25) is 0 Å². The van der Waals surface area contributed by atoms with Gasteiger partial charge in [0.15, 0.2) is 0 Å². The average molecular weight is 938 g/mol. The summed E-state index contributed by atoms with van der Waals surface area (Å²) < 4.78 is 0. The molecular weight excluding hydrogens is 793 g/mol. The monoisotopic (exact) mass is 937 g/mol. The molecule has 0 aromatic carbocycles. The van der Waals surface area contributed by atoms with E-state index in [1.807, 2.05) is 0 Å².